The molecule has 0 aromatic heterocycles. The third-order valence-corrected chi connectivity index (χ3v) is 6.15. The van der Waals surface area contributed by atoms with E-state index in [1.807, 2.05) is 36.4 Å². The monoisotopic (exact) mass is 386 g/mol. The lowest BCUT2D eigenvalue weighted by Gasteiger charge is -2.13. The minimum atomic E-state index is -0.223. The van der Waals surface area contributed by atoms with Crippen LogP contribution in [-0.2, 0) is 16.2 Å². The summed E-state index contributed by atoms with van der Waals surface area (Å²) in [6.07, 6.45) is 6.65. The number of amides is 2. The van der Waals surface area contributed by atoms with Gasteiger partial charge in [-0.15, -0.1) is 0 Å². The average Bonchev–Trinajstić information content (AvgIpc) is 3.41. The quantitative estimate of drug-likeness (QED) is 0.447. The molecule has 5 heteroatoms. The Kier molecular flexibility index (Phi) is 4.31. The molecule has 0 unspecified atom stereocenters. The molecule has 1 saturated heterocycles. The second-order valence-corrected chi connectivity index (χ2v) is 8.08. The first-order chi connectivity index (χ1) is 14.1. The molecule has 2 amide bonds. The fourth-order valence-corrected chi connectivity index (χ4v) is 4.66. The van der Waals surface area contributed by atoms with E-state index in [4.69, 9.17) is 4.74 Å². The molecule has 3 aliphatic rings. The number of hydrazone groups is 1. The minimum Gasteiger partial charge on any atom is -0.489 e. The van der Waals surface area contributed by atoms with Gasteiger partial charge >= 0.3 is 0 Å². The van der Waals surface area contributed by atoms with Crippen molar-refractivity contribution in [3.05, 3.63) is 77.4 Å². The van der Waals surface area contributed by atoms with Crippen LogP contribution in [0.2, 0.25) is 0 Å². The van der Waals surface area contributed by atoms with Gasteiger partial charge in [0.1, 0.15) is 12.4 Å². The van der Waals surface area contributed by atoms with Crippen LogP contribution in [0.4, 0.5) is 0 Å². The van der Waals surface area contributed by atoms with E-state index >= 15 is 0 Å². The van der Waals surface area contributed by atoms with Crippen molar-refractivity contribution < 1.29 is 14.3 Å². The van der Waals surface area contributed by atoms with Crippen molar-refractivity contribution in [2.45, 2.75) is 20.0 Å². The number of rotatable bonds is 5. The van der Waals surface area contributed by atoms with Crippen molar-refractivity contribution in [1.82, 2.24) is 5.01 Å². The molecular weight excluding hydrogens is 364 g/mol. The predicted molar refractivity (Wildman–Crippen MR) is 109 cm³/mol. The summed E-state index contributed by atoms with van der Waals surface area (Å²) in [4.78, 5) is 25.4. The Morgan fingerprint density at radius 1 is 1.03 bits per heavy atom. The van der Waals surface area contributed by atoms with E-state index in [2.05, 4.69) is 36.3 Å². The smallest absolute Gasteiger partial charge is 0.254 e. The Labute approximate surface area is 169 Å². The first-order valence-corrected chi connectivity index (χ1v) is 9.99. The maximum absolute atomic E-state index is 12.7. The van der Waals surface area contributed by atoms with Crippen molar-refractivity contribution in [2.24, 2.45) is 28.8 Å². The highest BCUT2D eigenvalue weighted by molar-refractivity contribution is 6.06. The summed E-state index contributed by atoms with van der Waals surface area (Å²) >= 11 is 0. The summed E-state index contributed by atoms with van der Waals surface area (Å²) in [6, 6.07) is 15.7. The van der Waals surface area contributed by atoms with Gasteiger partial charge in [0.25, 0.3) is 11.8 Å². The summed E-state index contributed by atoms with van der Waals surface area (Å²) in [6.45, 7) is 2.53. The van der Waals surface area contributed by atoms with Crippen LogP contribution in [0.25, 0.3) is 0 Å². The fraction of sp³-hybridized carbons (Fsp3) is 0.292. The van der Waals surface area contributed by atoms with Crippen molar-refractivity contribution in [2.75, 3.05) is 0 Å². The van der Waals surface area contributed by atoms with Gasteiger partial charge in [0.05, 0.1) is 18.1 Å². The van der Waals surface area contributed by atoms with Crippen LogP contribution in [0.3, 0.4) is 0 Å². The number of hydrogen-bond acceptors (Lipinski definition) is 4. The summed E-state index contributed by atoms with van der Waals surface area (Å²) in [5.74, 6) is 0.324. The number of aryl methyl sites for hydroxylation is 1. The van der Waals surface area contributed by atoms with Gasteiger partial charge in [-0.1, -0.05) is 54.1 Å². The van der Waals surface area contributed by atoms with Gasteiger partial charge in [0, 0.05) is 0 Å². The number of imide groups is 1. The molecule has 0 spiro atoms. The van der Waals surface area contributed by atoms with E-state index in [-0.39, 0.29) is 35.5 Å². The zero-order valence-electron chi connectivity index (χ0n) is 16.2. The summed E-state index contributed by atoms with van der Waals surface area (Å²) < 4.78 is 5.87. The molecule has 5 nitrogen and oxygen atoms in total. The van der Waals surface area contributed by atoms with Crippen LogP contribution >= 0.6 is 0 Å². The van der Waals surface area contributed by atoms with Gasteiger partial charge < -0.3 is 4.74 Å². The van der Waals surface area contributed by atoms with Crippen molar-refractivity contribution >= 4 is 18.0 Å². The van der Waals surface area contributed by atoms with Crippen LogP contribution in [0.15, 0.2) is 65.8 Å². The number of benzene rings is 2. The maximum atomic E-state index is 12.7. The topological polar surface area (TPSA) is 59.0 Å². The Bertz CT molecular complexity index is 995. The largest absolute Gasteiger partial charge is 0.489 e. The van der Waals surface area contributed by atoms with Crippen molar-refractivity contribution in [3.63, 3.8) is 0 Å². The lowest BCUT2D eigenvalue weighted by atomic mass is 9.85. The first-order valence-electron chi connectivity index (χ1n) is 9.99. The zero-order valence-corrected chi connectivity index (χ0v) is 16.2. The highest BCUT2D eigenvalue weighted by Crippen LogP contribution is 2.52. The Hall–Kier alpha value is -3.21. The molecule has 4 atom stereocenters. The van der Waals surface area contributed by atoms with Gasteiger partial charge in [-0.05, 0) is 48.4 Å². The number of fused-ring (bicyclic) bond motifs is 5. The molecule has 2 fully saturated rings. The van der Waals surface area contributed by atoms with Gasteiger partial charge in [0.2, 0.25) is 0 Å². The molecule has 2 aromatic rings. The molecule has 2 bridgehead atoms. The van der Waals surface area contributed by atoms with Gasteiger partial charge in [-0.2, -0.15) is 10.1 Å². The number of hydrogen-bond donors (Lipinski definition) is 0. The zero-order chi connectivity index (χ0) is 20.0. The molecule has 2 aliphatic carbocycles. The molecule has 146 valence electrons. The van der Waals surface area contributed by atoms with Gasteiger partial charge in [-0.25, -0.2) is 0 Å². The highest BCUT2D eigenvalue weighted by atomic mass is 16.5. The summed E-state index contributed by atoms with van der Waals surface area (Å²) in [5.41, 5.74) is 3.09. The van der Waals surface area contributed by atoms with Crippen LogP contribution in [-0.4, -0.2) is 23.0 Å². The molecule has 1 heterocycles. The Morgan fingerprint density at radius 3 is 2.41 bits per heavy atom. The molecule has 1 saturated carbocycles. The summed E-state index contributed by atoms with van der Waals surface area (Å²) in [5, 5.41) is 5.30. The van der Waals surface area contributed by atoms with E-state index < -0.39 is 0 Å². The number of nitrogens with zero attached hydrogens (tertiary/aromatic N) is 2. The molecule has 0 radical (unpaired) electrons. The number of allylic oxidation sites excluding steroid dienone is 2. The van der Waals surface area contributed by atoms with Crippen LogP contribution in [0.1, 0.15) is 23.1 Å². The molecule has 0 N–H and O–H groups in total. The third-order valence-electron chi connectivity index (χ3n) is 6.15. The normalized spacial score (nSPS) is 27.3. The average molecular weight is 386 g/mol. The van der Waals surface area contributed by atoms with E-state index in [0.717, 1.165) is 22.6 Å². The van der Waals surface area contributed by atoms with E-state index in [9.17, 15) is 9.59 Å². The minimum absolute atomic E-state index is 0.167. The van der Waals surface area contributed by atoms with Crippen molar-refractivity contribution in [3.8, 4) is 5.75 Å². The maximum Gasteiger partial charge on any atom is 0.254 e. The fourth-order valence-electron chi connectivity index (χ4n) is 4.66. The highest BCUT2D eigenvalue weighted by Gasteiger charge is 2.59. The third kappa shape index (κ3) is 3.16. The summed E-state index contributed by atoms with van der Waals surface area (Å²) in [7, 11) is 0. The molecule has 5 rings (SSSR count). The standard InChI is InChI=1S/C24H22N2O3/c1-15-5-7-16(8-6-15)14-29-20-4-2-3-17(11-20)13-25-26-23(27)21-18-9-10-19(12-18)22(21)24(26)28/h2-11,13,18-19,21-22H,12,14H2,1H3/b25-13-/t18-,19-,21-,22+/m0/s1. The lowest BCUT2D eigenvalue weighted by Crippen LogP contribution is -2.28. The second-order valence-electron chi connectivity index (χ2n) is 8.08. The molecule has 29 heavy (non-hydrogen) atoms. The van der Waals surface area contributed by atoms with E-state index in [1.54, 1.807) is 6.21 Å². The van der Waals surface area contributed by atoms with E-state index in [0.29, 0.717) is 12.4 Å². The number of carbonyl (C=O) groups excluding carboxylic acids is 2. The van der Waals surface area contributed by atoms with Crippen LogP contribution in [0, 0.1) is 30.6 Å². The molecule has 1 aliphatic heterocycles. The Balaban J connectivity index is 1.27. The van der Waals surface area contributed by atoms with Crippen molar-refractivity contribution in [1.29, 1.82) is 0 Å². The predicted octanol–water partition coefficient (Wildman–Crippen LogP) is 3.72. The number of ether oxygens (including phenoxy) is 1. The van der Waals surface area contributed by atoms with Crippen LogP contribution in [0.5, 0.6) is 5.75 Å². The lowest BCUT2D eigenvalue weighted by molar-refractivity contribution is -0.140. The van der Waals surface area contributed by atoms with Gasteiger partial charge in [0.15, 0.2) is 0 Å². The number of carbonyl (C=O) groups is 2. The second kappa shape index (κ2) is 6.99. The first kappa shape index (κ1) is 17.9. The van der Waals surface area contributed by atoms with E-state index in [1.165, 1.54) is 5.56 Å². The van der Waals surface area contributed by atoms with Gasteiger partial charge in [-0.3, -0.25) is 9.59 Å². The molecule has 2 aromatic carbocycles. The molecular formula is C24H22N2O3. The Morgan fingerprint density at radius 2 is 1.72 bits per heavy atom. The van der Waals surface area contributed by atoms with Crippen LogP contribution < -0.4 is 4.74 Å². The SMILES string of the molecule is Cc1ccc(COc2cccc(/C=N\N3C(=O)[C@@H]4[C@H](C3=O)[C@H]3C=C[C@H]4C3)c2)cc1.